The predicted molar refractivity (Wildman–Crippen MR) is 150 cm³/mol. The van der Waals surface area contributed by atoms with E-state index in [0.717, 1.165) is 18.4 Å². The number of unbranched alkanes of at least 4 members (excludes halogenated alkanes) is 1. The molecule has 1 fully saturated rings. The van der Waals surface area contributed by atoms with Gasteiger partial charge in [0, 0.05) is 27.2 Å². The molecule has 1 aromatic rings. The van der Waals surface area contributed by atoms with Gasteiger partial charge in [-0.15, -0.1) is 12.6 Å². The molecule has 1 saturated heterocycles. The quantitative estimate of drug-likeness (QED) is 0.176. The van der Waals surface area contributed by atoms with Gasteiger partial charge in [-0.2, -0.15) is 0 Å². The number of amidine groups is 1. The molecule has 2 unspecified atom stereocenters. The summed E-state index contributed by atoms with van der Waals surface area (Å²) >= 11 is 4.97. The molecule has 13 heteroatoms. The minimum absolute atomic E-state index is 0.213. The zero-order valence-corrected chi connectivity index (χ0v) is 23.9. The normalized spacial score (nSPS) is 28.9. The van der Waals surface area contributed by atoms with Crippen LogP contribution < -0.4 is 5.32 Å². The Morgan fingerprint density at radius 1 is 1.07 bits per heavy atom. The van der Waals surface area contributed by atoms with Gasteiger partial charge in [-0.25, -0.2) is 15.0 Å². The van der Waals surface area contributed by atoms with E-state index in [4.69, 9.17) is 36.6 Å². The molecule has 6 atom stereocenters. The van der Waals surface area contributed by atoms with E-state index in [1.165, 1.54) is 27.1 Å². The number of aliphatic imine (C=N–C) groups is 3. The molecule has 12 nitrogen and oxygen atoms in total. The van der Waals surface area contributed by atoms with Gasteiger partial charge in [0.25, 0.3) is 0 Å². The van der Waals surface area contributed by atoms with Crippen LogP contribution in [0.15, 0.2) is 45.3 Å². The lowest BCUT2D eigenvalue weighted by Crippen LogP contribution is -2.57. The summed E-state index contributed by atoms with van der Waals surface area (Å²) in [6, 6.07) is 9.81. The molecule has 0 aromatic heterocycles. The summed E-state index contributed by atoms with van der Waals surface area (Å²) in [4.78, 5) is 50.7. The van der Waals surface area contributed by atoms with Crippen LogP contribution in [-0.4, -0.2) is 89.5 Å². The summed E-state index contributed by atoms with van der Waals surface area (Å²) in [6.07, 6.45) is -0.965. The third-order valence-electron chi connectivity index (χ3n) is 6.57. The van der Waals surface area contributed by atoms with E-state index < -0.39 is 53.6 Å². The van der Waals surface area contributed by atoms with Gasteiger partial charge in [-0.1, -0.05) is 43.7 Å². The smallest absolute Gasteiger partial charge is 0.303 e. The van der Waals surface area contributed by atoms with Gasteiger partial charge >= 0.3 is 17.9 Å². The number of hydrogen-bond donors (Lipinski definition) is 2. The largest absolute Gasteiger partial charge is 0.463 e. The highest BCUT2D eigenvalue weighted by molar-refractivity contribution is 7.83. The second-order valence-corrected chi connectivity index (χ2v) is 10.5. The van der Waals surface area contributed by atoms with Crippen molar-refractivity contribution in [2.24, 2.45) is 15.0 Å². The SMILES string of the molecule is CCCCNC1N=C2C(=NC=NC2(S)Cc2ccccc2)N1[C@@H]1O[C@H](COC(C)=O)[C@@H](OC(C)=O)[C@H]1OC(C)=O. The highest BCUT2D eigenvalue weighted by Gasteiger charge is 2.57. The van der Waals surface area contributed by atoms with Crippen LogP contribution in [0.1, 0.15) is 46.1 Å². The molecule has 40 heavy (non-hydrogen) atoms. The van der Waals surface area contributed by atoms with Crippen LogP contribution in [-0.2, 0) is 39.8 Å². The molecule has 0 radical (unpaired) electrons. The van der Waals surface area contributed by atoms with Crippen LogP contribution >= 0.6 is 12.6 Å². The Balaban J connectivity index is 1.72. The summed E-state index contributed by atoms with van der Waals surface area (Å²) < 4.78 is 22.7. The monoisotopic (exact) mass is 573 g/mol. The highest BCUT2D eigenvalue weighted by Crippen LogP contribution is 2.37. The van der Waals surface area contributed by atoms with Crippen molar-refractivity contribution in [1.82, 2.24) is 10.2 Å². The topological polar surface area (TPSA) is 140 Å². The van der Waals surface area contributed by atoms with E-state index >= 15 is 0 Å². The van der Waals surface area contributed by atoms with Crippen molar-refractivity contribution in [2.45, 2.75) is 82.7 Å². The average molecular weight is 574 g/mol. The van der Waals surface area contributed by atoms with Crippen molar-refractivity contribution in [1.29, 1.82) is 0 Å². The van der Waals surface area contributed by atoms with Gasteiger partial charge < -0.3 is 18.9 Å². The number of fused-ring (bicyclic) bond motifs is 1. The molecule has 216 valence electrons. The summed E-state index contributed by atoms with van der Waals surface area (Å²) in [5, 5.41) is 3.42. The van der Waals surface area contributed by atoms with E-state index in [1.807, 2.05) is 30.3 Å². The van der Waals surface area contributed by atoms with Gasteiger partial charge in [-0.3, -0.25) is 24.6 Å². The maximum atomic E-state index is 12.2. The van der Waals surface area contributed by atoms with Gasteiger partial charge in [0.2, 0.25) is 0 Å². The third-order valence-corrected chi connectivity index (χ3v) is 7.05. The molecule has 0 saturated carbocycles. The second kappa shape index (κ2) is 12.9. The number of nitrogens with one attached hydrogen (secondary N) is 1. The van der Waals surface area contributed by atoms with E-state index in [1.54, 1.807) is 4.90 Å². The van der Waals surface area contributed by atoms with Gasteiger partial charge in [0.05, 0.1) is 0 Å². The maximum Gasteiger partial charge on any atom is 0.303 e. The second-order valence-electron chi connectivity index (χ2n) is 9.76. The molecule has 3 heterocycles. The Morgan fingerprint density at radius 2 is 1.77 bits per heavy atom. The first-order valence-electron chi connectivity index (χ1n) is 13.2. The zero-order chi connectivity index (χ0) is 28.9. The number of hydrogen-bond acceptors (Lipinski definition) is 13. The Bertz CT molecular complexity index is 1190. The van der Waals surface area contributed by atoms with Crippen molar-refractivity contribution < 1.29 is 33.3 Å². The number of thiol groups is 1. The number of carbonyl (C=O) groups excluding carboxylic acids is 3. The van der Waals surface area contributed by atoms with Crippen LogP contribution in [0.4, 0.5) is 0 Å². The van der Waals surface area contributed by atoms with Crippen LogP contribution in [0.25, 0.3) is 0 Å². The zero-order valence-electron chi connectivity index (χ0n) is 23.0. The van der Waals surface area contributed by atoms with Crippen molar-refractivity contribution in [3.05, 3.63) is 35.9 Å². The highest BCUT2D eigenvalue weighted by atomic mass is 32.1. The molecule has 0 bridgehead atoms. The standard InChI is InChI=1S/C27H35N5O7S/c1-5-6-12-28-26-31-23-24(29-15-30-27(23,40)13-19-10-8-7-9-11-19)32(26)25-22(38-18(4)35)21(37-17(3)34)20(39-25)14-36-16(2)33/h7-11,15,20-22,25-26,28,40H,5-6,12-14H2,1-4H3/t20-,21-,22-,25-,26?,27?/m1/s1. The molecule has 0 aliphatic carbocycles. The fourth-order valence-corrected chi connectivity index (χ4v) is 5.26. The van der Waals surface area contributed by atoms with E-state index in [0.29, 0.717) is 24.5 Å². The molecule has 0 spiro atoms. The Labute approximate surface area is 238 Å². The van der Waals surface area contributed by atoms with Crippen LogP contribution in [0.5, 0.6) is 0 Å². The number of nitrogens with zero attached hydrogens (tertiary/aromatic N) is 4. The van der Waals surface area contributed by atoms with Crippen molar-refractivity contribution in [3.8, 4) is 0 Å². The Kier molecular flexibility index (Phi) is 9.59. The predicted octanol–water partition coefficient (Wildman–Crippen LogP) is 1.88. The minimum atomic E-state index is -1.07. The summed E-state index contributed by atoms with van der Waals surface area (Å²) in [5.41, 5.74) is 1.53. The summed E-state index contributed by atoms with van der Waals surface area (Å²) in [5.74, 6) is -1.29. The number of rotatable bonds is 11. The molecule has 3 aliphatic rings. The van der Waals surface area contributed by atoms with Crippen LogP contribution in [0.3, 0.4) is 0 Å². The molecule has 4 rings (SSSR count). The molecule has 0 amide bonds. The number of ether oxygens (including phenoxy) is 4. The van der Waals surface area contributed by atoms with E-state index in [9.17, 15) is 14.4 Å². The average Bonchev–Trinajstić information content (AvgIpc) is 3.41. The molecular weight excluding hydrogens is 538 g/mol. The maximum absolute atomic E-state index is 12.2. The number of carbonyl (C=O) groups is 3. The lowest BCUT2D eigenvalue weighted by atomic mass is 10.00. The fraction of sp³-hybridized carbons (Fsp3) is 0.556. The third kappa shape index (κ3) is 6.70. The van der Waals surface area contributed by atoms with Crippen LogP contribution in [0.2, 0.25) is 0 Å². The van der Waals surface area contributed by atoms with Crippen LogP contribution in [0, 0.1) is 0 Å². The van der Waals surface area contributed by atoms with Crippen molar-refractivity contribution in [3.63, 3.8) is 0 Å². The van der Waals surface area contributed by atoms with E-state index in [2.05, 4.69) is 22.2 Å². The Hall–Kier alpha value is -3.29. The first-order chi connectivity index (χ1) is 19.1. The summed E-state index contributed by atoms with van der Waals surface area (Å²) in [6.45, 7) is 6.27. The lowest BCUT2D eigenvalue weighted by molar-refractivity contribution is -0.167. The van der Waals surface area contributed by atoms with Gasteiger partial charge in [0.15, 0.2) is 35.4 Å². The van der Waals surface area contributed by atoms with Crippen molar-refractivity contribution >= 4 is 48.4 Å². The Morgan fingerprint density at radius 3 is 2.42 bits per heavy atom. The molecule has 1 N–H and O–H groups in total. The molecule has 3 aliphatic heterocycles. The van der Waals surface area contributed by atoms with Gasteiger partial charge in [-0.05, 0) is 18.5 Å². The minimum Gasteiger partial charge on any atom is -0.463 e. The lowest BCUT2D eigenvalue weighted by Gasteiger charge is -2.35. The molecule has 1 aromatic carbocycles. The number of benzene rings is 1. The fourth-order valence-electron chi connectivity index (χ4n) is 4.87. The first kappa shape index (κ1) is 29.7. The van der Waals surface area contributed by atoms with Gasteiger partial charge in [0.1, 0.15) is 24.8 Å². The number of esters is 3. The summed E-state index contributed by atoms with van der Waals surface area (Å²) in [7, 11) is 0. The molecular formula is C27H35N5O7S. The first-order valence-corrected chi connectivity index (χ1v) is 13.7. The van der Waals surface area contributed by atoms with E-state index in [-0.39, 0.29) is 6.61 Å². The van der Waals surface area contributed by atoms with Crippen molar-refractivity contribution in [2.75, 3.05) is 13.2 Å².